The predicted molar refractivity (Wildman–Crippen MR) is 350 cm³/mol. The second-order valence-electron chi connectivity index (χ2n) is 24.3. The zero-order valence-electron chi connectivity index (χ0n) is 51.9. The highest BCUT2D eigenvalue weighted by molar-refractivity contribution is 7.79. The molecule has 456 valence electrons. The van der Waals surface area contributed by atoms with Gasteiger partial charge >= 0.3 is 23.0 Å². The van der Waals surface area contributed by atoms with E-state index in [9.17, 15) is 0 Å². The highest BCUT2D eigenvalue weighted by Crippen LogP contribution is 2.78. The fraction of sp³-hybridized carbons (Fsp3) is 0.455. The van der Waals surface area contributed by atoms with Crippen LogP contribution in [0.5, 0.6) is 34.5 Å². The van der Waals surface area contributed by atoms with Gasteiger partial charge in [0.05, 0.1) is 0 Å². The van der Waals surface area contributed by atoms with Crippen LogP contribution in [0.4, 0.5) is 0 Å². The molecule has 0 aliphatic carbocycles. The summed E-state index contributed by atoms with van der Waals surface area (Å²) >= 11 is 0. The minimum atomic E-state index is -4.18. The van der Waals surface area contributed by atoms with Crippen molar-refractivity contribution in [3.05, 3.63) is 179 Å². The minimum Gasteiger partial charge on any atom is -0.413 e. The van der Waals surface area contributed by atoms with Gasteiger partial charge in [0.25, 0.3) is 0 Å². The second-order valence-corrected chi connectivity index (χ2v) is 30.5. The van der Waals surface area contributed by atoms with E-state index < -0.39 is 23.0 Å². The molecule has 0 radical (unpaired) electrons. The summed E-state index contributed by atoms with van der Waals surface area (Å²) in [6.07, 6.45) is 0. The fourth-order valence-electron chi connectivity index (χ4n) is 8.62. The minimum absolute atomic E-state index is 0.462. The molecule has 1 heterocycles. The van der Waals surface area contributed by atoms with Crippen LogP contribution in [-0.4, -0.2) is 39.3 Å². The number of nitrogens with one attached hydrogen (secondary N) is 6. The van der Waals surface area contributed by atoms with E-state index in [-0.39, 0.29) is 0 Å². The van der Waals surface area contributed by atoms with E-state index in [1.807, 2.05) is 146 Å². The van der Waals surface area contributed by atoms with Gasteiger partial charge in [-0.3, -0.25) is 0 Å². The van der Waals surface area contributed by atoms with Crippen molar-refractivity contribution >= 4 is 23.0 Å². The Hall–Kier alpha value is -5.43. The molecule has 0 amide bonds. The average molecular weight is 1200 g/mol. The Labute approximate surface area is 503 Å². The zero-order chi connectivity index (χ0) is 60.0. The Morgan fingerprint density at radius 1 is 0.238 bits per heavy atom. The summed E-state index contributed by atoms with van der Waals surface area (Å²) in [5.41, 5.74) is 6.52. The molecule has 6 aromatic carbocycles. The summed E-state index contributed by atoms with van der Waals surface area (Å²) in [7, 11) is -12.5. The highest BCUT2D eigenvalue weighted by atomic mass is 31.3. The summed E-state index contributed by atoms with van der Waals surface area (Å²) < 4.78 is 60.7. The first kappa shape index (κ1) is 66.1. The Morgan fingerprint density at radius 3 is 0.488 bits per heavy atom. The Morgan fingerprint density at radius 2 is 0.369 bits per heavy atom. The molecule has 6 aromatic rings. The number of benzene rings is 6. The van der Waals surface area contributed by atoms with Crippen molar-refractivity contribution in [3.63, 3.8) is 0 Å². The van der Waals surface area contributed by atoms with Crippen LogP contribution in [-0.2, 0) is 39.3 Å². The van der Waals surface area contributed by atoms with E-state index >= 15 is 0 Å². The van der Waals surface area contributed by atoms with Crippen LogP contribution in [0.15, 0.2) is 159 Å². The van der Waals surface area contributed by atoms with Crippen LogP contribution in [0, 0.1) is 35.5 Å². The van der Waals surface area contributed by atoms with Crippen LogP contribution >= 0.6 is 23.0 Å². The normalized spacial score (nSPS) is 14.4. The lowest BCUT2D eigenvalue weighted by Crippen LogP contribution is -2.19. The third-order valence-corrected chi connectivity index (χ3v) is 21.0. The number of hydrogen-bond acceptors (Lipinski definition) is 15. The van der Waals surface area contributed by atoms with Crippen molar-refractivity contribution in [1.82, 2.24) is 31.9 Å². The van der Waals surface area contributed by atoms with E-state index in [2.05, 4.69) is 115 Å². The first-order chi connectivity index (χ1) is 40.3. The summed E-state index contributed by atoms with van der Waals surface area (Å²) in [6, 6.07) is 47.7. The van der Waals surface area contributed by atoms with Crippen molar-refractivity contribution in [1.29, 1.82) is 0 Å². The Bertz CT molecular complexity index is 2530. The number of hydrogen-bond donors (Lipinski definition) is 6. The topological polar surface area (TPSA) is 165 Å². The third kappa shape index (κ3) is 22.8. The van der Waals surface area contributed by atoms with Gasteiger partial charge in [-0.05, 0) is 181 Å². The van der Waals surface area contributed by atoms with Crippen molar-refractivity contribution < 1.29 is 27.1 Å². The quantitative estimate of drug-likeness (QED) is 0.0207. The molecule has 0 saturated heterocycles. The summed E-state index contributed by atoms with van der Waals surface area (Å²) in [5, 5.41) is 21.4. The predicted octanol–water partition coefficient (Wildman–Crippen LogP) is 16.8. The van der Waals surface area contributed by atoms with Crippen LogP contribution in [0.3, 0.4) is 0 Å². The molecule has 0 fully saturated rings. The molecular formula is C66H96N9O6P3. The summed E-state index contributed by atoms with van der Waals surface area (Å²) in [6.45, 7) is 35.8. The van der Waals surface area contributed by atoms with Crippen LogP contribution in [0.2, 0.25) is 0 Å². The SMILES string of the molecule is CC(C)CNCc1ccc(OP2(Oc3ccc(CNCC(C)C)cc3)=NP(Oc3ccc(CNCC(C)C)cc3)(Oc3ccc(CNCC(C)C)cc3)=NP(Oc3ccc(CNCC(C)C)cc3)(Oc3ccc(CNCC(C)C)cc3)=N2)cc1. The van der Waals surface area contributed by atoms with Crippen LogP contribution in [0.25, 0.3) is 0 Å². The largest absolute Gasteiger partial charge is 0.460 e. The first-order valence-electron chi connectivity index (χ1n) is 30.2. The van der Waals surface area contributed by atoms with Gasteiger partial charge in [-0.15, -0.1) is 0 Å². The van der Waals surface area contributed by atoms with Crippen LogP contribution < -0.4 is 59.0 Å². The van der Waals surface area contributed by atoms with Crippen molar-refractivity contribution in [2.24, 2.45) is 49.1 Å². The maximum atomic E-state index is 7.32. The average Bonchev–Trinajstić information content (AvgIpc) is 1.65. The van der Waals surface area contributed by atoms with Crippen molar-refractivity contribution in [2.45, 2.75) is 122 Å². The molecule has 15 nitrogen and oxygen atoms in total. The summed E-state index contributed by atoms with van der Waals surface area (Å²) in [4.78, 5) is 0. The van der Waals surface area contributed by atoms with E-state index in [0.717, 1.165) is 72.6 Å². The number of rotatable bonds is 36. The van der Waals surface area contributed by atoms with Crippen molar-refractivity contribution in [2.75, 3.05) is 39.3 Å². The lowest BCUT2D eigenvalue weighted by molar-refractivity contribution is 0.442. The molecule has 84 heavy (non-hydrogen) atoms. The Balaban J connectivity index is 1.48. The monoisotopic (exact) mass is 1200 g/mol. The lowest BCUT2D eigenvalue weighted by atomic mass is 10.2. The molecule has 0 spiro atoms. The molecule has 18 heteroatoms. The molecule has 0 atom stereocenters. The van der Waals surface area contributed by atoms with Crippen LogP contribution in [0.1, 0.15) is 116 Å². The zero-order valence-corrected chi connectivity index (χ0v) is 54.6. The van der Waals surface area contributed by atoms with Gasteiger partial charge in [0.1, 0.15) is 34.5 Å². The molecule has 6 N–H and O–H groups in total. The van der Waals surface area contributed by atoms with E-state index in [4.69, 9.17) is 40.7 Å². The van der Waals surface area contributed by atoms with Gasteiger partial charge in [-0.2, -0.15) is 0 Å². The number of nitrogens with zero attached hydrogens (tertiary/aromatic N) is 3. The van der Waals surface area contributed by atoms with Gasteiger partial charge in [-0.25, -0.2) is 0 Å². The second kappa shape index (κ2) is 32.9. The molecule has 7 rings (SSSR count). The molecule has 0 aromatic heterocycles. The smallest absolute Gasteiger partial charge is 0.413 e. The third-order valence-electron chi connectivity index (χ3n) is 12.9. The Kier molecular flexibility index (Phi) is 25.9. The fourth-order valence-corrected chi connectivity index (χ4v) is 17.7. The maximum Gasteiger partial charge on any atom is 0.460 e. The highest BCUT2D eigenvalue weighted by Gasteiger charge is 2.49. The van der Waals surface area contributed by atoms with E-state index in [0.29, 0.717) is 109 Å². The van der Waals surface area contributed by atoms with Gasteiger partial charge in [0.2, 0.25) is 0 Å². The van der Waals surface area contributed by atoms with E-state index in [1.54, 1.807) is 0 Å². The molecular weight excluding hydrogens is 1110 g/mol. The van der Waals surface area contributed by atoms with Gasteiger partial charge < -0.3 is 59.0 Å². The summed E-state index contributed by atoms with van der Waals surface area (Å²) in [5.74, 6) is 5.80. The van der Waals surface area contributed by atoms with Gasteiger partial charge in [0, 0.05) is 39.3 Å². The molecule has 1 aliphatic rings. The van der Waals surface area contributed by atoms with Gasteiger partial charge in [0.15, 0.2) is 0 Å². The molecule has 0 saturated carbocycles. The molecule has 1 aliphatic heterocycles. The standard InChI is InChI=1S/C66H96N9O6P3/c1-49(2)37-67-43-55-13-25-61(26-14-55)76-82(77-62-27-15-56(16-28-62)44-68-38-50(3)4)73-83(78-63-29-17-57(18-30-63)45-69-39-51(5)6,79-64-31-19-58(20-32-64)46-70-40-52(7)8)75-84(74-82,80-65-33-21-59(22-34-65)47-71-41-53(9)10)81-66-35-23-60(24-36-66)48-72-42-54(11)12/h13-36,49-54,67-72H,37-48H2,1-12H3. The van der Waals surface area contributed by atoms with Gasteiger partial charge in [-0.1, -0.05) is 169 Å². The maximum absolute atomic E-state index is 7.32. The first-order valence-corrected chi connectivity index (χ1v) is 34.8. The van der Waals surface area contributed by atoms with E-state index in [1.165, 1.54) is 0 Å². The lowest BCUT2D eigenvalue weighted by Gasteiger charge is -2.33. The molecule has 0 bridgehead atoms. The van der Waals surface area contributed by atoms with Crippen molar-refractivity contribution in [3.8, 4) is 34.5 Å². The molecule has 0 unspecified atom stereocenters.